The minimum Gasteiger partial charge on any atom is -0.484 e. The van der Waals surface area contributed by atoms with E-state index in [1.54, 1.807) is 17.9 Å². The lowest BCUT2D eigenvalue weighted by molar-refractivity contribution is -0.384. The molecule has 0 unspecified atom stereocenters. The Bertz CT molecular complexity index is 998. The van der Waals surface area contributed by atoms with Crippen molar-refractivity contribution < 1.29 is 24.0 Å². The number of hydrogen-bond donors (Lipinski definition) is 0. The maximum absolute atomic E-state index is 12.6. The van der Waals surface area contributed by atoms with Gasteiger partial charge in [-0.15, -0.1) is 0 Å². The van der Waals surface area contributed by atoms with Crippen molar-refractivity contribution in [2.45, 2.75) is 26.7 Å². The molecule has 1 amide bonds. The van der Waals surface area contributed by atoms with Crippen molar-refractivity contribution in [1.82, 2.24) is 4.90 Å². The summed E-state index contributed by atoms with van der Waals surface area (Å²) < 4.78 is 10.6. The number of carbonyl (C=O) groups excluding carboxylic acids is 2. The van der Waals surface area contributed by atoms with Crippen molar-refractivity contribution in [3.05, 3.63) is 63.7 Å². The highest BCUT2D eigenvalue weighted by molar-refractivity contribution is 5.91. The number of esters is 1. The van der Waals surface area contributed by atoms with Gasteiger partial charge in [0.05, 0.1) is 17.1 Å². The van der Waals surface area contributed by atoms with E-state index in [1.807, 2.05) is 29.2 Å². The van der Waals surface area contributed by atoms with Crippen molar-refractivity contribution >= 4 is 23.3 Å². The molecule has 2 aromatic rings. The molecule has 0 spiro atoms. The summed E-state index contributed by atoms with van der Waals surface area (Å²) in [5.74, 6) is 0.342. The monoisotopic (exact) mass is 455 g/mol. The summed E-state index contributed by atoms with van der Waals surface area (Å²) >= 11 is 0. The number of anilines is 1. The quantitative estimate of drug-likeness (QED) is 0.340. The van der Waals surface area contributed by atoms with Crippen LogP contribution in [0.5, 0.6) is 5.75 Å². The number of hydrogen-bond acceptors (Lipinski definition) is 7. The maximum Gasteiger partial charge on any atom is 0.338 e. The number of nitro groups is 1. The SMILES string of the molecule is CCOC(=O)c1ccc(N2CCN(C(=O)COc3ccc(C(C)C)cc3)CC2)c([N+](=O)[O-])c1. The number of piperazine rings is 1. The number of benzene rings is 2. The Hall–Kier alpha value is -3.62. The second kappa shape index (κ2) is 10.8. The van der Waals surface area contributed by atoms with Crippen LogP contribution in [0.25, 0.3) is 0 Å². The summed E-state index contributed by atoms with van der Waals surface area (Å²) in [5.41, 5.74) is 1.60. The molecular weight excluding hydrogens is 426 g/mol. The third-order valence-corrected chi connectivity index (χ3v) is 5.57. The predicted molar refractivity (Wildman–Crippen MR) is 124 cm³/mol. The van der Waals surface area contributed by atoms with Gasteiger partial charge >= 0.3 is 5.97 Å². The largest absolute Gasteiger partial charge is 0.484 e. The zero-order valence-corrected chi connectivity index (χ0v) is 19.2. The van der Waals surface area contributed by atoms with Crippen molar-refractivity contribution in [2.75, 3.05) is 44.3 Å². The van der Waals surface area contributed by atoms with Gasteiger partial charge < -0.3 is 19.3 Å². The number of rotatable bonds is 8. The molecule has 1 aliphatic heterocycles. The molecule has 1 heterocycles. The van der Waals surface area contributed by atoms with Crippen LogP contribution in [0.1, 0.15) is 42.6 Å². The zero-order valence-electron chi connectivity index (χ0n) is 19.2. The van der Waals surface area contributed by atoms with Gasteiger partial charge in [0.2, 0.25) is 0 Å². The van der Waals surface area contributed by atoms with Crippen LogP contribution < -0.4 is 9.64 Å². The number of amides is 1. The molecule has 3 rings (SSSR count). The predicted octanol–water partition coefficient (Wildman–Crippen LogP) is 3.62. The molecule has 176 valence electrons. The van der Waals surface area contributed by atoms with E-state index in [0.29, 0.717) is 43.5 Å². The first-order valence-corrected chi connectivity index (χ1v) is 11.0. The molecule has 1 saturated heterocycles. The minimum absolute atomic E-state index is 0.0601. The van der Waals surface area contributed by atoms with Gasteiger partial charge in [-0.2, -0.15) is 0 Å². The number of nitro benzene ring substituents is 1. The number of ether oxygens (including phenoxy) is 2. The van der Waals surface area contributed by atoms with Gasteiger partial charge in [-0.05, 0) is 42.7 Å². The van der Waals surface area contributed by atoms with Gasteiger partial charge in [0, 0.05) is 32.2 Å². The van der Waals surface area contributed by atoms with E-state index in [9.17, 15) is 19.7 Å². The van der Waals surface area contributed by atoms with Crippen molar-refractivity contribution in [1.29, 1.82) is 0 Å². The first-order chi connectivity index (χ1) is 15.8. The van der Waals surface area contributed by atoms with Crippen LogP contribution in [0, 0.1) is 10.1 Å². The zero-order chi connectivity index (χ0) is 24.0. The Kier molecular flexibility index (Phi) is 7.87. The van der Waals surface area contributed by atoms with E-state index in [-0.39, 0.29) is 30.4 Å². The molecular formula is C24H29N3O6. The second-order valence-electron chi connectivity index (χ2n) is 8.06. The van der Waals surface area contributed by atoms with Gasteiger partial charge in [-0.3, -0.25) is 14.9 Å². The van der Waals surface area contributed by atoms with Crippen LogP contribution in [0.4, 0.5) is 11.4 Å². The molecule has 0 saturated carbocycles. The lowest BCUT2D eigenvalue weighted by Crippen LogP contribution is -2.50. The highest BCUT2D eigenvalue weighted by Gasteiger charge is 2.27. The van der Waals surface area contributed by atoms with Gasteiger partial charge in [-0.25, -0.2) is 4.79 Å². The van der Waals surface area contributed by atoms with E-state index >= 15 is 0 Å². The van der Waals surface area contributed by atoms with Crippen LogP contribution in [-0.2, 0) is 9.53 Å². The fourth-order valence-electron chi connectivity index (χ4n) is 3.66. The lowest BCUT2D eigenvalue weighted by atomic mass is 10.0. The molecule has 9 nitrogen and oxygen atoms in total. The van der Waals surface area contributed by atoms with Crippen LogP contribution in [0.2, 0.25) is 0 Å². The van der Waals surface area contributed by atoms with Crippen molar-refractivity contribution in [2.24, 2.45) is 0 Å². The van der Waals surface area contributed by atoms with E-state index in [2.05, 4.69) is 13.8 Å². The molecule has 1 fully saturated rings. The Labute approximate surface area is 193 Å². The molecule has 0 bridgehead atoms. The molecule has 0 radical (unpaired) electrons. The highest BCUT2D eigenvalue weighted by atomic mass is 16.6. The standard InChI is InChI=1S/C24H29N3O6/c1-4-32-24(29)19-7-10-21(22(15-19)27(30)31)25-11-13-26(14-12-25)23(28)16-33-20-8-5-18(6-9-20)17(2)3/h5-10,15,17H,4,11-14,16H2,1-3H3. The Morgan fingerprint density at radius 1 is 1.06 bits per heavy atom. The summed E-state index contributed by atoms with van der Waals surface area (Å²) in [6, 6.07) is 12.0. The molecule has 0 aromatic heterocycles. The summed E-state index contributed by atoms with van der Waals surface area (Å²) in [6.07, 6.45) is 0. The molecule has 0 aliphatic carbocycles. The van der Waals surface area contributed by atoms with Crippen LogP contribution in [0.3, 0.4) is 0 Å². The summed E-state index contributed by atoms with van der Waals surface area (Å²) in [5, 5.41) is 11.6. The van der Waals surface area contributed by atoms with Crippen molar-refractivity contribution in [3.8, 4) is 5.75 Å². The molecule has 9 heteroatoms. The fourth-order valence-corrected chi connectivity index (χ4v) is 3.66. The third-order valence-electron chi connectivity index (χ3n) is 5.57. The summed E-state index contributed by atoms with van der Waals surface area (Å²) in [4.78, 5) is 39.1. The van der Waals surface area contributed by atoms with E-state index in [0.717, 1.165) is 0 Å². The smallest absolute Gasteiger partial charge is 0.338 e. The van der Waals surface area contributed by atoms with Gasteiger partial charge in [0.25, 0.3) is 11.6 Å². The van der Waals surface area contributed by atoms with Crippen LogP contribution in [0.15, 0.2) is 42.5 Å². The van der Waals surface area contributed by atoms with Gasteiger partial charge in [0.1, 0.15) is 11.4 Å². The number of carbonyl (C=O) groups is 2. The first kappa shape index (κ1) is 24.0. The Morgan fingerprint density at radius 3 is 2.30 bits per heavy atom. The van der Waals surface area contributed by atoms with E-state index in [4.69, 9.17) is 9.47 Å². The second-order valence-corrected chi connectivity index (χ2v) is 8.06. The molecule has 2 aromatic carbocycles. The van der Waals surface area contributed by atoms with Crippen LogP contribution >= 0.6 is 0 Å². The third kappa shape index (κ3) is 6.00. The molecule has 0 N–H and O–H groups in total. The Balaban J connectivity index is 1.58. The summed E-state index contributed by atoms with van der Waals surface area (Å²) in [6.45, 7) is 7.76. The van der Waals surface area contributed by atoms with E-state index in [1.165, 1.54) is 17.7 Å². The maximum atomic E-state index is 12.6. The average Bonchev–Trinajstić information content (AvgIpc) is 2.82. The van der Waals surface area contributed by atoms with Crippen molar-refractivity contribution in [3.63, 3.8) is 0 Å². The average molecular weight is 456 g/mol. The first-order valence-electron chi connectivity index (χ1n) is 11.0. The summed E-state index contributed by atoms with van der Waals surface area (Å²) in [7, 11) is 0. The molecule has 1 aliphatic rings. The van der Waals surface area contributed by atoms with Crippen LogP contribution in [-0.4, -0.2) is 61.1 Å². The van der Waals surface area contributed by atoms with E-state index < -0.39 is 10.9 Å². The molecule has 0 atom stereocenters. The topological polar surface area (TPSA) is 102 Å². The van der Waals surface area contributed by atoms with Gasteiger partial charge in [0.15, 0.2) is 6.61 Å². The molecule has 33 heavy (non-hydrogen) atoms. The fraction of sp³-hybridized carbons (Fsp3) is 0.417. The lowest BCUT2D eigenvalue weighted by Gasteiger charge is -2.35. The Morgan fingerprint density at radius 2 is 1.73 bits per heavy atom. The van der Waals surface area contributed by atoms with Gasteiger partial charge in [-0.1, -0.05) is 26.0 Å². The minimum atomic E-state index is -0.596. The number of nitrogens with zero attached hydrogens (tertiary/aromatic N) is 3. The normalized spacial score (nSPS) is 13.7. The highest BCUT2D eigenvalue weighted by Crippen LogP contribution is 2.30.